The Morgan fingerprint density at radius 1 is 1.56 bits per heavy atom. The largest absolute Gasteiger partial charge is 0.493 e. The Balaban J connectivity index is 2.90. The molecule has 0 bridgehead atoms. The van der Waals surface area contributed by atoms with Crippen molar-refractivity contribution >= 4 is 0 Å². The van der Waals surface area contributed by atoms with Gasteiger partial charge in [-0.2, -0.15) is 0 Å². The highest BCUT2D eigenvalue weighted by atomic mass is 16.3. The van der Waals surface area contributed by atoms with Crippen molar-refractivity contribution < 1.29 is 15.3 Å². The van der Waals surface area contributed by atoms with Crippen molar-refractivity contribution in [3.63, 3.8) is 0 Å². The van der Waals surface area contributed by atoms with Gasteiger partial charge in [-0.3, -0.25) is 4.79 Å². The summed E-state index contributed by atoms with van der Waals surface area (Å²) in [5.41, 5.74) is -0.358. The highest BCUT2D eigenvalue weighted by Crippen LogP contribution is 2.16. The predicted molar refractivity (Wildman–Crippen MR) is 57.1 cm³/mol. The standard InChI is InChI=1S/C10H16N2O4/c1-2-8(14)6(4-13)3-7-9(15)11-5-12-10(7)16/h5-6,8,13-14H,2-4H2,1H3,(H2,11,12,15,16). The Morgan fingerprint density at radius 3 is 2.75 bits per heavy atom. The molecule has 1 aromatic rings. The maximum absolute atomic E-state index is 11.4. The molecule has 0 saturated heterocycles. The van der Waals surface area contributed by atoms with E-state index in [1.54, 1.807) is 6.92 Å². The normalized spacial score (nSPS) is 14.7. The van der Waals surface area contributed by atoms with E-state index in [2.05, 4.69) is 9.97 Å². The molecule has 2 atom stereocenters. The summed E-state index contributed by atoms with van der Waals surface area (Å²) < 4.78 is 0. The van der Waals surface area contributed by atoms with Crippen molar-refractivity contribution in [2.24, 2.45) is 5.92 Å². The minimum atomic E-state index is -0.705. The molecule has 0 aliphatic heterocycles. The van der Waals surface area contributed by atoms with E-state index in [1.807, 2.05) is 0 Å². The van der Waals surface area contributed by atoms with Crippen LogP contribution in [0.25, 0.3) is 0 Å². The molecular weight excluding hydrogens is 212 g/mol. The third-order valence-corrected chi connectivity index (χ3v) is 2.59. The second kappa shape index (κ2) is 5.62. The van der Waals surface area contributed by atoms with Crippen LogP contribution in [0.1, 0.15) is 18.9 Å². The maximum atomic E-state index is 11.4. The Bertz CT molecular complexity index is 391. The molecule has 0 amide bonds. The van der Waals surface area contributed by atoms with Gasteiger partial charge in [-0.05, 0) is 12.8 Å². The average Bonchev–Trinajstić information content (AvgIpc) is 2.28. The lowest BCUT2D eigenvalue weighted by Gasteiger charge is -2.19. The third kappa shape index (κ3) is 2.80. The van der Waals surface area contributed by atoms with Gasteiger partial charge in [0.25, 0.3) is 5.56 Å². The smallest absolute Gasteiger partial charge is 0.257 e. The van der Waals surface area contributed by atoms with Crippen molar-refractivity contribution in [3.05, 3.63) is 22.2 Å². The molecule has 90 valence electrons. The van der Waals surface area contributed by atoms with Crippen molar-refractivity contribution in [1.82, 2.24) is 9.97 Å². The van der Waals surface area contributed by atoms with Gasteiger partial charge in [0.05, 0.1) is 18.0 Å². The molecule has 1 heterocycles. The molecular formula is C10H16N2O4. The highest BCUT2D eigenvalue weighted by molar-refractivity contribution is 5.21. The monoisotopic (exact) mass is 228 g/mol. The van der Waals surface area contributed by atoms with Crippen LogP contribution < -0.4 is 5.56 Å². The topological polar surface area (TPSA) is 106 Å². The molecule has 1 aromatic heterocycles. The SMILES string of the molecule is CCC(O)C(CO)Cc1c(O)nc[nH]c1=O. The van der Waals surface area contributed by atoms with E-state index in [0.717, 1.165) is 6.33 Å². The van der Waals surface area contributed by atoms with Gasteiger partial charge in [0.2, 0.25) is 5.88 Å². The van der Waals surface area contributed by atoms with Crippen LogP contribution in [-0.2, 0) is 6.42 Å². The summed E-state index contributed by atoms with van der Waals surface area (Å²) in [6, 6.07) is 0. The number of nitrogens with zero attached hydrogens (tertiary/aromatic N) is 1. The zero-order chi connectivity index (χ0) is 12.1. The van der Waals surface area contributed by atoms with Crippen LogP contribution in [-0.4, -0.2) is 38.0 Å². The Kier molecular flexibility index (Phi) is 4.45. The summed E-state index contributed by atoms with van der Waals surface area (Å²) in [5.74, 6) is -0.827. The fourth-order valence-electron chi connectivity index (χ4n) is 1.52. The van der Waals surface area contributed by atoms with Gasteiger partial charge < -0.3 is 20.3 Å². The fourth-order valence-corrected chi connectivity index (χ4v) is 1.52. The lowest BCUT2D eigenvalue weighted by Crippen LogP contribution is -2.28. The van der Waals surface area contributed by atoms with Crippen LogP contribution in [0.15, 0.2) is 11.1 Å². The lowest BCUT2D eigenvalue weighted by molar-refractivity contribution is 0.0641. The predicted octanol–water partition coefficient (Wildman–Crippen LogP) is -0.603. The first-order chi connectivity index (χ1) is 7.60. The van der Waals surface area contributed by atoms with E-state index in [4.69, 9.17) is 5.11 Å². The third-order valence-electron chi connectivity index (χ3n) is 2.59. The van der Waals surface area contributed by atoms with E-state index >= 15 is 0 Å². The molecule has 2 unspecified atom stereocenters. The number of aliphatic hydroxyl groups is 2. The Labute approximate surface area is 92.6 Å². The molecule has 0 fully saturated rings. The number of aliphatic hydroxyl groups excluding tert-OH is 2. The van der Waals surface area contributed by atoms with Gasteiger partial charge in [-0.25, -0.2) is 4.98 Å². The second-order valence-electron chi connectivity index (χ2n) is 3.66. The summed E-state index contributed by atoms with van der Waals surface area (Å²) >= 11 is 0. The number of rotatable bonds is 5. The number of nitrogens with one attached hydrogen (secondary N) is 1. The zero-order valence-corrected chi connectivity index (χ0v) is 9.05. The zero-order valence-electron chi connectivity index (χ0n) is 9.05. The van der Waals surface area contributed by atoms with Gasteiger partial charge in [0.15, 0.2) is 0 Å². The van der Waals surface area contributed by atoms with Crippen LogP contribution in [0.5, 0.6) is 5.88 Å². The van der Waals surface area contributed by atoms with Gasteiger partial charge in [0, 0.05) is 12.5 Å². The van der Waals surface area contributed by atoms with Crippen molar-refractivity contribution in [2.75, 3.05) is 6.61 Å². The van der Waals surface area contributed by atoms with E-state index < -0.39 is 17.6 Å². The molecule has 6 heteroatoms. The first kappa shape index (κ1) is 12.7. The van der Waals surface area contributed by atoms with Crippen LogP contribution in [0.4, 0.5) is 0 Å². The Hall–Kier alpha value is -1.40. The first-order valence-corrected chi connectivity index (χ1v) is 5.14. The quantitative estimate of drug-likeness (QED) is 0.538. The van der Waals surface area contributed by atoms with Crippen LogP contribution in [0.3, 0.4) is 0 Å². The molecule has 4 N–H and O–H groups in total. The van der Waals surface area contributed by atoms with E-state index in [1.165, 1.54) is 0 Å². The van der Waals surface area contributed by atoms with Crippen LogP contribution >= 0.6 is 0 Å². The summed E-state index contributed by atoms with van der Waals surface area (Å²) in [7, 11) is 0. The molecule has 0 aromatic carbocycles. The summed E-state index contributed by atoms with van der Waals surface area (Å²) in [6.07, 6.45) is 0.972. The molecule has 0 saturated carbocycles. The summed E-state index contributed by atoms with van der Waals surface area (Å²) in [5, 5.41) is 28.1. The molecule has 0 radical (unpaired) electrons. The van der Waals surface area contributed by atoms with Gasteiger partial charge in [0.1, 0.15) is 0 Å². The average molecular weight is 228 g/mol. The minimum Gasteiger partial charge on any atom is -0.493 e. The minimum absolute atomic E-state index is 0.0917. The second-order valence-corrected chi connectivity index (χ2v) is 3.66. The molecule has 0 spiro atoms. The summed E-state index contributed by atoms with van der Waals surface area (Å²) in [4.78, 5) is 17.3. The van der Waals surface area contributed by atoms with Crippen molar-refractivity contribution in [1.29, 1.82) is 0 Å². The van der Waals surface area contributed by atoms with Gasteiger partial charge in [-0.15, -0.1) is 0 Å². The molecule has 0 aliphatic rings. The number of hydrogen-bond donors (Lipinski definition) is 4. The number of hydrogen-bond acceptors (Lipinski definition) is 5. The van der Waals surface area contributed by atoms with E-state index in [0.29, 0.717) is 6.42 Å². The van der Waals surface area contributed by atoms with Gasteiger partial charge >= 0.3 is 0 Å². The van der Waals surface area contributed by atoms with E-state index in [-0.39, 0.29) is 24.5 Å². The maximum Gasteiger partial charge on any atom is 0.257 e. The molecule has 6 nitrogen and oxygen atoms in total. The van der Waals surface area contributed by atoms with Crippen molar-refractivity contribution in [2.45, 2.75) is 25.9 Å². The number of aromatic amines is 1. The first-order valence-electron chi connectivity index (χ1n) is 5.14. The highest BCUT2D eigenvalue weighted by Gasteiger charge is 2.20. The summed E-state index contributed by atoms with van der Waals surface area (Å²) in [6.45, 7) is 1.53. The molecule has 0 aliphatic carbocycles. The van der Waals surface area contributed by atoms with Crippen LogP contribution in [0, 0.1) is 5.92 Å². The van der Waals surface area contributed by atoms with E-state index in [9.17, 15) is 15.0 Å². The number of aromatic hydroxyl groups is 1. The molecule has 16 heavy (non-hydrogen) atoms. The van der Waals surface area contributed by atoms with Gasteiger partial charge in [-0.1, -0.05) is 6.92 Å². The Morgan fingerprint density at radius 2 is 2.25 bits per heavy atom. The number of aromatic nitrogens is 2. The van der Waals surface area contributed by atoms with Crippen molar-refractivity contribution in [3.8, 4) is 5.88 Å². The lowest BCUT2D eigenvalue weighted by atomic mass is 9.94. The van der Waals surface area contributed by atoms with Crippen LogP contribution in [0.2, 0.25) is 0 Å². The number of H-pyrrole nitrogens is 1. The molecule has 1 rings (SSSR count). The fraction of sp³-hybridized carbons (Fsp3) is 0.600.